The fraction of sp³-hybridized carbons (Fsp3) is 0.250. The normalized spacial score (nSPS) is 10.8. The number of ether oxygens (including phenoxy) is 1. The molecular formula is C12H13ClN2O. The molecule has 0 radical (unpaired) electrons. The Morgan fingerprint density at radius 3 is 2.62 bits per heavy atom. The number of benzene rings is 1. The lowest BCUT2D eigenvalue weighted by molar-refractivity contribution is 0.415. The highest BCUT2D eigenvalue weighted by molar-refractivity contribution is 6.32. The first-order valence-corrected chi connectivity index (χ1v) is 5.08. The van der Waals surface area contributed by atoms with Crippen LogP contribution in [0.1, 0.15) is 5.56 Å². The lowest BCUT2D eigenvalue weighted by Crippen LogP contribution is -2.02. The van der Waals surface area contributed by atoms with E-state index >= 15 is 0 Å². The van der Waals surface area contributed by atoms with E-state index in [2.05, 4.69) is 6.07 Å². The molecular weight excluding hydrogens is 224 g/mol. The number of hydrogen-bond donors (Lipinski definition) is 0. The molecule has 1 aromatic carbocycles. The number of halogens is 1. The highest BCUT2D eigenvalue weighted by Crippen LogP contribution is 2.27. The van der Waals surface area contributed by atoms with Gasteiger partial charge in [0.05, 0.1) is 17.7 Å². The van der Waals surface area contributed by atoms with Gasteiger partial charge >= 0.3 is 0 Å². The van der Waals surface area contributed by atoms with Gasteiger partial charge in [0.2, 0.25) is 0 Å². The summed E-state index contributed by atoms with van der Waals surface area (Å²) in [7, 11) is 5.28. The first-order chi connectivity index (χ1) is 7.58. The van der Waals surface area contributed by atoms with Gasteiger partial charge in [0.25, 0.3) is 0 Å². The molecule has 0 aliphatic heterocycles. The quantitative estimate of drug-likeness (QED) is 0.758. The summed E-state index contributed by atoms with van der Waals surface area (Å²) in [5.41, 5.74) is 1.34. The summed E-state index contributed by atoms with van der Waals surface area (Å²) in [4.78, 5) is 1.82. The summed E-state index contributed by atoms with van der Waals surface area (Å²) in [5.74, 6) is 0.604. The smallest absolute Gasteiger partial charge is 0.137 e. The van der Waals surface area contributed by atoms with Crippen molar-refractivity contribution in [2.75, 3.05) is 21.2 Å². The van der Waals surface area contributed by atoms with Gasteiger partial charge in [-0.3, -0.25) is 0 Å². The summed E-state index contributed by atoms with van der Waals surface area (Å²) in [6.45, 7) is 0. The molecule has 0 heterocycles. The molecule has 0 bridgehead atoms. The third-order valence-corrected chi connectivity index (χ3v) is 2.27. The van der Waals surface area contributed by atoms with Crippen molar-refractivity contribution in [2.24, 2.45) is 0 Å². The van der Waals surface area contributed by atoms with Crippen LogP contribution in [-0.4, -0.2) is 26.1 Å². The second-order valence-electron chi connectivity index (χ2n) is 3.47. The second-order valence-corrected chi connectivity index (χ2v) is 3.87. The highest BCUT2D eigenvalue weighted by Gasteiger charge is 2.05. The van der Waals surface area contributed by atoms with Crippen LogP contribution >= 0.6 is 11.6 Å². The molecule has 0 saturated heterocycles. The van der Waals surface area contributed by atoms with Crippen molar-refractivity contribution in [3.63, 3.8) is 0 Å². The van der Waals surface area contributed by atoms with Crippen LogP contribution in [-0.2, 0) is 0 Å². The molecule has 0 aromatic heterocycles. The number of nitriles is 1. The molecule has 0 atom stereocenters. The SMILES string of the molecule is COc1ccc(/C(C#N)=C/N(C)C)cc1Cl. The lowest BCUT2D eigenvalue weighted by Gasteiger charge is -2.08. The zero-order chi connectivity index (χ0) is 12.1. The van der Waals surface area contributed by atoms with Gasteiger partial charge in [0.15, 0.2) is 0 Å². The minimum Gasteiger partial charge on any atom is -0.495 e. The van der Waals surface area contributed by atoms with Gasteiger partial charge in [-0.05, 0) is 23.8 Å². The van der Waals surface area contributed by atoms with Crippen LogP contribution in [0.25, 0.3) is 5.57 Å². The van der Waals surface area contributed by atoms with Crippen molar-refractivity contribution >= 4 is 17.2 Å². The summed E-state index contributed by atoms with van der Waals surface area (Å²) in [5, 5.41) is 9.53. The van der Waals surface area contributed by atoms with Gasteiger partial charge in [-0.15, -0.1) is 0 Å². The van der Waals surface area contributed by atoms with Gasteiger partial charge in [-0.2, -0.15) is 5.26 Å². The molecule has 0 spiro atoms. The maximum atomic E-state index is 9.03. The van der Waals surface area contributed by atoms with Crippen molar-refractivity contribution < 1.29 is 4.74 Å². The predicted octanol–water partition coefficient (Wildman–Crippen LogP) is 2.77. The standard InChI is InChI=1S/C12H13ClN2O/c1-15(2)8-10(7-14)9-4-5-12(16-3)11(13)6-9/h4-6,8H,1-3H3/b10-8+. The monoisotopic (exact) mass is 236 g/mol. The third kappa shape index (κ3) is 2.91. The minimum atomic E-state index is 0.500. The van der Waals surface area contributed by atoms with E-state index in [-0.39, 0.29) is 0 Å². The fourth-order valence-corrected chi connectivity index (χ4v) is 1.52. The van der Waals surface area contributed by atoms with E-state index in [1.165, 1.54) is 0 Å². The van der Waals surface area contributed by atoms with Gasteiger partial charge in [0.1, 0.15) is 11.8 Å². The minimum absolute atomic E-state index is 0.500. The van der Waals surface area contributed by atoms with E-state index in [0.29, 0.717) is 16.3 Å². The fourth-order valence-electron chi connectivity index (χ4n) is 1.26. The van der Waals surface area contributed by atoms with Crippen LogP contribution in [0.15, 0.2) is 24.4 Å². The third-order valence-electron chi connectivity index (χ3n) is 1.97. The van der Waals surface area contributed by atoms with Crippen LogP contribution in [0.3, 0.4) is 0 Å². The molecule has 4 heteroatoms. The van der Waals surface area contributed by atoms with Crippen LogP contribution in [0.4, 0.5) is 0 Å². The van der Waals surface area contributed by atoms with Gasteiger partial charge in [-0.25, -0.2) is 0 Å². The van der Waals surface area contributed by atoms with Crippen molar-refractivity contribution in [2.45, 2.75) is 0 Å². The van der Waals surface area contributed by atoms with E-state index in [1.54, 1.807) is 25.4 Å². The van der Waals surface area contributed by atoms with Crippen molar-refractivity contribution in [1.29, 1.82) is 5.26 Å². The first kappa shape index (κ1) is 12.4. The average Bonchev–Trinajstić information content (AvgIpc) is 2.25. The molecule has 0 amide bonds. The van der Waals surface area contributed by atoms with Crippen LogP contribution in [0.2, 0.25) is 5.02 Å². The molecule has 1 rings (SSSR count). The van der Waals surface area contributed by atoms with Gasteiger partial charge in [-0.1, -0.05) is 11.6 Å². The maximum Gasteiger partial charge on any atom is 0.137 e. The van der Waals surface area contributed by atoms with E-state index in [4.69, 9.17) is 21.6 Å². The van der Waals surface area contributed by atoms with E-state index in [0.717, 1.165) is 5.56 Å². The Hall–Kier alpha value is -1.66. The van der Waals surface area contributed by atoms with E-state index < -0.39 is 0 Å². The average molecular weight is 237 g/mol. The molecule has 16 heavy (non-hydrogen) atoms. The number of nitrogens with zero attached hydrogens (tertiary/aromatic N) is 2. The maximum absolute atomic E-state index is 9.03. The number of hydrogen-bond acceptors (Lipinski definition) is 3. The Morgan fingerprint density at radius 2 is 2.19 bits per heavy atom. The molecule has 0 saturated carbocycles. The molecule has 0 unspecified atom stereocenters. The summed E-state index contributed by atoms with van der Waals surface area (Å²) in [6, 6.07) is 7.41. The van der Waals surface area contributed by atoms with Crippen LogP contribution < -0.4 is 4.74 Å². The molecule has 3 nitrogen and oxygen atoms in total. The molecule has 1 aromatic rings. The Labute approximate surface area is 101 Å². The Balaban J connectivity index is 3.14. The summed E-state index contributed by atoms with van der Waals surface area (Å²) >= 11 is 5.99. The van der Waals surface area contributed by atoms with Crippen LogP contribution in [0.5, 0.6) is 5.75 Å². The zero-order valence-corrected chi connectivity index (χ0v) is 10.2. The molecule has 0 aliphatic carbocycles. The topological polar surface area (TPSA) is 36.3 Å². The van der Waals surface area contributed by atoms with Crippen LogP contribution in [0, 0.1) is 11.3 Å². The first-order valence-electron chi connectivity index (χ1n) is 4.70. The second kappa shape index (κ2) is 5.43. The number of rotatable bonds is 3. The Bertz CT molecular complexity index is 447. The van der Waals surface area contributed by atoms with E-state index in [1.807, 2.05) is 25.1 Å². The molecule has 0 N–H and O–H groups in total. The molecule has 84 valence electrons. The van der Waals surface area contributed by atoms with Crippen molar-refractivity contribution in [3.05, 3.63) is 35.0 Å². The van der Waals surface area contributed by atoms with E-state index in [9.17, 15) is 0 Å². The van der Waals surface area contributed by atoms with Gasteiger partial charge < -0.3 is 9.64 Å². The van der Waals surface area contributed by atoms with Gasteiger partial charge in [0, 0.05) is 20.3 Å². The largest absolute Gasteiger partial charge is 0.495 e. The molecule has 0 fully saturated rings. The Kier molecular flexibility index (Phi) is 4.21. The highest BCUT2D eigenvalue weighted by atomic mass is 35.5. The van der Waals surface area contributed by atoms with Crippen molar-refractivity contribution in [3.8, 4) is 11.8 Å². The number of methoxy groups -OCH3 is 1. The number of allylic oxidation sites excluding steroid dienone is 1. The predicted molar refractivity (Wildman–Crippen MR) is 65.3 cm³/mol. The van der Waals surface area contributed by atoms with Crippen molar-refractivity contribution in [1.82, 2.24) is 4.90 Å². The summed E-state index contributed by atoms with van der Waals surface area (Å²) in [6.07, 6.45) is 1.75. The summed E-state index contributed by atoms with van der Waals surface area (Å²) < 4.78 is 5.05. The lowest BCUT2D eigenvalue weighted by atomic mass is 10.1. The molecule has 0 aliphatic rings. The Morgan fingerprint density at radius 1 is 1.50 bits per heavy atom. The zero-order valence-electron chi connectivity index (χ0n) is 9.49.